The molecule has 4 rings (SSSR count). The zero-order valence-corrected chi connectivity index (χ0v) is 19.1. The van der Waals surface area contributed by atoms with Gasteiger partial charge in [0.05, 0.1) is 20.3 Å². The first kappa shape index (κ1) is 22.7. The Morgan fingerprint density at radius 1 is 1.00 bits per heavy atom. The monoisotopic (exact) mass is 455 g/mol. The van der Waals surface area contributed by atoms with Crippen molar-refractivity contribution in [1.29, 1.82) is 0 Å². The molecule has 176 valence electrons. The number of anilines is 1. The molecule has 0 aromatic heterocycles. The number of hydrogen-bond donors (Lipinski definition) is 1. The van der Waals surface area contributed by atoms with Crippen LogP contribution in [0, 0.1) is 0 Å². The number of methoxy groups -OCH3 is 2. The van der Waals surface area contributed by atoms with Crippen molar-refractivity contribution in [2.75, 3.05) is 52.3 Å². The third-order valence-corrected chi connectivity index (χ3v) is 5.96. The fourth-order valence-corrected chi connectivity index (χ4v) is 3.97. The lowest BCUT2D eigenvalue weighted by Crippen LogP contribution is -2.57. The SMILES string of the molecule is COc1cc(NC(=O)C(C)N2CCN(C(=O)C3COc4ccccc4O3)CC2)cc(OC)c1. The van der Waals surface area contributed by atoms with E-state index >= 15 is 0 Å². The molecule has 2 unspecified atom stereocenters. The molecule has 0 radical (unpaired) electrons. The van der Waals surface area contributed by atoms with Crippen LogP contribution in [0.15, 0.2) is 42.5 Å². The molecule has 2 heterocycles. The lowest BCUT2D eigenvalue weighted by Gasteiger charge is -2.39. The van der Waals surface area contributed by atoms with Crippen molar-refractivity contribution < 1.29 is 28.5 Å². The van der Waals surface area contributed by atoms with E-state index in [0.717, 1.165) is 0 Å². The normalized spacial score (nSPS) is 18.9. The zero-order valence-electron chi connectivity index (χ0n) is 19.1. The molecule has 2 aliphatic heterocycles. The highest BCUT2D eigenvalue weighted by Crippen LogP contribution is 2.31. The number of hydrogen-bond acceptors (Lipinski definition) is 7. The van der Waals surface area contributed by atoms with E-state index in [1.807, 2.05) is 25.1 Å². The first-order valence-corrected chi connectivity index (χ1v) is 10.9. The van der Waals surface area contributed by atoms with Gasteiger partial charge >= 0.3 is 0 Å². The van der Waals surface area contributed by atoms with E-state index in [1.165, 1.54) is 0 Å². The van der Waals surface area contributed by atoms with Gasteiger partial charge in [-0.2, -0.15) is 0 Å². The average molecular weight is 456 g/mol. The second-order valence-electron chi connectivity index (χ2n) is 7.99. The van der Waals surface area contributed by atoms with Crippen LogP contribution in [0.25, 0.3) is 0 Å². The maximum absolute atomic E-state index is 12.9. The number of para-hydroxylation sites is 2. The largest absolute Gasteiger partial charge is 0.497 e. The predicted octanol–water partition coefficient (Wildman–Crippen LogP) is 2.01. The van der Waals surface area contributed by atoms with Crippen LogP contribution < -0.4 is 24.3 Å². The summed E-state index contributed by atoms with van der Waals surface area (Å²) in [5.74, 6) is 2.21. The highest BCUT2D eigenvalue weighted by molar-refractivity contribution is 5.95. The second-order valence-corrected chi connectivity index (χ2v) is 7.99. The van der Waals surface area contributed by atoms with Crippen LogP contribution in [-0.4, -0.2) is 80.8 Å². The summed E-state index contributed by atoms with van der Waals surface area (Å²) in [7, 11) is 3.13. The van der Waals surface area contributed by atoms with E-state index in [-0.39, 0.29) is 24.5 Å². The van der Waals surface area contributed by atoms with Gasteiger partial charge in [0.2, 0.25) is 12.0 Å². The number of fused-ring (bicyclic) bond motifs is 1. The summed E-state index contributed by atoms with van der Waals surface area (Å²) in [5.41, 5.74) is 0.603. The Morgan fingerprint density at radius 3 is 2.27 bits per heavy atom. The molecule has 0 bridgehead atoms. The van der Waals surface area contributed by atoms with Crippen molar-refractivity contribution in [3.63, 3.8) is 0 Å². The molecule has 2 aliphatic rings. The van der Waals surface area contributed by atoms with Crippen LogP contribution in [0.4, 0.5) is 5.69 Å². The maximum Gasteiger partial charge on any atom is 0.267 e. The molecule has 9 heteroatoms. The highest BCUT2D eigenvalue weighted by Gasteiger charge is 2.34. The molecule has 2 atom stereocenters. The lowest BCUT2D eigenvalue weighted by molar-refractivity contribution is -0.143. The highest BCUT2D eigenvalue weighted by atomic mass is 16.6. The van der Waals surface area contributed by atoms with Gasteiger partial charge in [-0.05, 0) is 19.1 Å². The van der Waals surface area contributed by atoms with E-state index in [1.54, 1.807) is 43.4 Å². The summed E-state index contributed by atoms with van der Waals surface area (Å²) < 4.78 is 22.0. The van der Waals surface area contributed by atoms with Crippen LogP contribution in [0.3, 0.4) is 0 Å². The lowest BCUT2D eigenvalue weighted by atomic mass is 10.2. The van der Waals surface area contributed by atoms with Gasteiger partial charge in [-0.15, -0.1) is 0 Å². The molecule has 0 aliphatic carbocycles. The minimum atomic E-state index is -0.657. The number of carbonyl (C=O) groups is 2. The van der Waals surface area contributed by atoms with Gasteiger partial charge in [0.15, 0.2) is 11.5 Å². The molecule has 1 N–H and O–H groups in total. The molecule has 2 amide bonds. The Balaban J connectivity index is 1.30. The Kier molecular flexibility index (Phi) is 6.88. The average Bonchev–Trinajstić information content (AvgIpc) is 2.87. The van der Waals surface area contributed by atoms with E-state index in [4.69, 9.17) is 18.9 Å². The number of amides is 2. The van der Waals surface area contributed by atoms with Crippen molar-refractivity contribution in [3.8, 4) is 23.0 Å². The molecule has 0 saturated carbocycles. The van der Waals surface area contributed by atoms with Gasteiger partial charge < -0.3 is 29.2 Å². The second kappa shape index (κ2) is 9.99. The van der Waals surface area contributed by atoms with Crippen LogP contribution in [0.5, 0.6) is 23.0 Å². The topological polar surface area (TPSA) is 89.6 Å². The first-order valence-electron chi connectivity index (χ1n) is 10.9. The Morgan fingerprint density at radius 2 is 1.64 bits per heavy atom. The zero-order chi connectivity index (χ0) is 23.4. The van der Waals surface area contributed by atoms with Gasteiger partial charge in [0.1, 0.15) is 18.1 Å². The smallest absolute Gasteiger partial charge is 0.267 e. The summed E-state index contributed by atoms with van der Waals surface area (Å²) in [6, 6.07) is 12.2. The fourth-order valence-electron chi connectivity index (χ4n) is 3.97. The van der Waals surface area contributed by atoms with Crippen LogP contribution in [0.2, 0.25) is 0 Å². The van der Waals surface area contributed by atoms with Crippen molar-refractivity contribution in [3.05, 3.63) is 42.5 Å². The number of piperazine rings is 1. The molecular formula is C24H29N3O6. The molecule has 2 aromatic rings. The third kappa shape index (κ3) is 5.14. The maximum atomic E-state index is 12.9. The van der Waals surface area contributed by atoms with Crippen molar-refractivity contribution in [2.45, 2.75) is 19.1 Å². The van der Waals surface area contributed by atoms with E-state index in [0.29, 0.717) is 54.9 Å². The van der Waals surface area contributed by atoms with Gasteiger partial charge in [-0.25, -0.2) is 0 Å². The molecule has 1 fully saturated rings. The summed E-state index contributed by atoms with van der Waals surface area (Å²) >= 11 is 0. The van der Waals surface area contributed by atoms with E-state index < -0.39 is 6.10 Å². The number of carbonyl (C=O) groups excluding carboxylic acids is 2. The van der Waals surface area contributed by atoms with E-state index in [9.17, 15) is 9.59 Å². The number of benzene rings is 2. The van der Waals surface area contributed by atoms with Crippen molar-refractivity contribution in [1.82, 2.24) is 9.80 Å². The quantitative estimate of drug-likeness (QED) is 0.713. The third-order valence-electron chi connectivity index (χ3n) is 5.96. The Bertz CT molecular complexity index is 983. The Hall–Kier alpha value is -3.46. The van der Waals surface area contributed by atoms with Gasteiger partial charge in [-0.3, -0.25) is 14.5 Å². The molecule has 9 nitrogen and oxygen atoms in total. The fraction of sp³-hybridized carbons (Fsp3) is 0.417. The Labute approximate surface area is 193 Å². The summed E-state index contributed by atoms with van der Waals surface area (Å²) in [6.07, 6.45) is -0.657. The molecular weight excluding hydrogens is 426 g/mol. The number of nitrogens with zero attached hydrogens (tertiary/aromatic N) is 2. The number of nitrogens with one attached hydrogen (secondary N) is 1. The van der Waals surface area contributed by atoms with E-state index in [2.05, 4.69) is 10.2 Å². The standard InChI is InChI=1S/C24H29N3O6/c1-16(23(28)25-17-12-18(30-2)14-19(13-17)31-3)26-8-10-27(11-9-26)24(29)22-15-32-20-6-4-5-7-21(20)33-22/h4-7,12-14,16,22H,8-11,15H2,1-3H3,(H,25,28). The van der Waals surface area contributed by atoms with Gasteiger partial charge in [-0.1, -0.05) is 12.1 Å². The minimum absolute atomic E-state index is 0.0928. The van der Waals surface area contributed by atoms with Gasteiger partial charge in [0.25, 0.3) is 5.91 Å². The molecule has 1 saturated heterocycles. The summed E-state index contributed by atoms with van der Waals surface area (Å²) in [5, 5.41) is 2.93. The number of ether oxygens (including phenoxy) is 4. The van der Waals surface area contributed by atoms with Crippen LogP contribution in [-0.2, 0) is 9.59 Å². The van der Waals surface area contributed by atoms with Crippen molar-refractivity contribution in [2.24, 2.45) is 0 Å². The van der Waals surface area contributed by atoms with Crippen molar-refractivity contribution >= 4 is 17.5 Å². The molecule has 2 aromatic carbocycles. The summed E-state index contributed by atoms with van der Waals surface area (Å²) in [6.45, 7) is 4.27. The number of rotatable bonds is 6. The first-order chi connectivity index (χ1) is 16.0. The predicted molar refractivity (Wildman–Crippen MR) is 122 cm³/mol. The van der Waals surface area contributed by atoms with Crippen LogP contribution in [0.1, 0.15) is 6.92 Å². The van der Waals surface area contributed by atoms with Gasteiger partial charge in [0, 0.05) is 50.1 Å². The summed E-state index contributed by atoms with van der Waals surface area (Å²) in [4.78, 5) is 29.6. The molecule has 0 spiro atoms. The minimum Gasteiger partial charge on any atom is -0.497 e. The molecule has 33 heavy (non-hydrogen) atoms. The van der Waals surface area contributed by atoms with Crippen LogP contribution >= 0.6 is 0 Å².